The van der Waals surface area contributed by atoms with Crippen LogP contribution in [0.3, 0.4) is 0 Å². The predicted molar refractivity (Wildman–Crippen MR) is 101 cm³/mol. The van der Waals surface area contributed by atoms with Gasteiger partial charge >= 0.3 is 5.97 Å². The Kier molecular flexibility index (Phi) is 10.8. The number of aliphatic hydroxyl groups excluding tert-OH is 2. The number of carbonyl (C=O) groups is 1. The molecule has 0 aliphatic rings. The molecule has 0 amide bonds. The van der Waals surface area contributed by atoms with Crippen molar-refractivity contribution in [2.45, 2.75) is 70.5 Å². The van der Waals surface area contributed by atoms with Crippen LogP contribution in [0.15, 0.2) is 30.3 Å². The van der Waals surface area contributed by atoms with Crippen LogP contribution >= 0.6 is 0 Å². The average Bonchev–Trinajstić information content (AvgIpc) is 2.61. The third-order valence-corrected chi connectivity index (χ3v) is 4.26. The van der Waals surface area contributed by atoms with Crippen molar-refractivity contribution in [3.63, 3.8) is 0 Å². The normalized spacial score (nSPS) is 13.8. The fourth-order valence-corrected chi connectivity index (χ4v) is 2.74. The second-order valence-corrected chi connectivity index (χ2v) is 6.45. The van der Waals surface area contributed by atoms with E-state index in [0.717, 1.165) is 36.8 Å². The molecule has 25 heavy (non-hydrogen) atoms. The molecule has 4 heteroatoms. The summed E-state index contributed by atoms with van der Waals surface area (Å²) < 4.78 is 4.59. The fourth-order valence-electron chi connectivity index (χ4n) is 2.74. The molecular formula is C21H32O4. The molecule has 0 saturated carbocycles. The molecule has 0 unspecified atom stereocenters. The molecule has 1 aromatic rings. The zero-order valence-corrected chi connectivity index (χ0v) is 15.5. The zero-order chi connectivity index (χ0) is 18.5. The Morgan fingerprint density at radius 2 is 1.92 bits per heavy atom. The Labute approximate surface area is 151 Å². The molecule has 0 bridgehead atoms. The molecule has 0 saturated heterocycles. The summed E-state index contributed by atoms with van der Waals surface area (Å²) in [4.78, 5) is 11.1. The maximum Gasteiger partial charge on any atom is 0.305 e. The van der Waals surface area contributed by atoms with Crippen molar-refractivity contribution in [2.24, 2.45) is 0 Å². The van der Waals surface area contributed by atoms with Gasteiger partial charge in [0.25, 0.3) is 0 Å². The number of ether oxygens (including phenoxy) is 1. The molecule has 1 aromatic carbocycles. The third kappa shape index (κ3) is 9.42. The molecule has 140 valence electrons. The largest absolute Gasteiger partial charge is 0.469 e. The van der Waals surface area contributed by atoms with E-state index in [2.05, 4.69) is 11.7 Å². The van der Waals surface area contributed by atoms with Crippen LogP contribution < -0.4 is 0 Å². The number of aliphatic hydroxyl groups is 2. The summed E-state index contributed by atoms with van der Waals surface area (Å²) in [5.41, 5.74) is 2.11. The minimum atomic E-state index is -0.591. The van der Waals surface area contributed by atoms with Crippen molar-refractivity contribution < 1.29 is 19.7 Å². The molecule has 2 atom stereocenters. The number of esters is 1. The van der Waals surface area contributed by atoms with Crippen LogP contribution in [0.25, 0.3) is 6.08 Å². The molecule has 0 aromatic heterocycles. The van der Waals surface area contributed by atoms with E-state index < -0.39 is 6.10 Å². The molecule has 0 spiro atoms. The smallest absolute Gasteiger partial charge is 0.305 e. The highest BCUT2D eigenvalue weighted by Crippen LogP contribution is 2.16. The van der Waals surface area contributed by atoms with E-state index in [4.69, 9.17) is 0 Å². The fraction of sp³-hybridized carbons (Fsp3) is 0.571. The zero-order valence-electron chi connectivity index (χ0n) is 15.5. The third-order valence-electron chi connectivity index (χ3n) is 4.26. The van der Waals surface area contributed by atoms with E-state index in [0.29, 0.717) is 25.7 Å². The number of carbonyl (C=O) groups excluding carboxylic acids is 1. The van der Waals surface area contributed by atoms with E-state index in [1.54, 1.807) is 6.08 Å². The SMILES string of the molecule is CCCCC[C@@H](O)Cc1ccccc1/C=C/[C@@H](O)CCCC(=O)OC. The van der Waals surface area contributed by atoms with Crippen molar-refractivity contribution in [1.82, 2.24) is 0 Å². The van der Waals surface area contributed by atoms with Gasteiger partial charge < -0.3 is 14.9 Å². The van der Waals surface area contributed by atoms with Crippen molar-refractivity contribution in [2.75, 3.05) is 7.11 Å². The van der Waals surface area contributed by atoms with Crippen molar-refractivity contribution in [3.8, 4) is 0 Å². The molecule has 0 aliphatic carbocycles. The van der Waals surface area contributed by atoms with Crippen LogP contribution in [-0.2, 0) is 16.0 Å². The van der Waals surface area contributed by atoms with Gasteiger partial charge in [-0.15, -0.1) is 0 Å². The minimum absolute atomic E-state index is 0.251. The lowest BCUT2D eigenvalue weighted by Crippen LogP contribution is -2.11. The lowest BCUT2D eigenvalue weighted by atomic mass is 9.98. The maximum atomic E-state index is 11.1. The Bertz CT molecular complexity index is 524. The highest BCUT2D eigenvalue weighted by Gasteiger charge is 2.08. The number of hydrogen-bond acceptors (Lipinski definition) is 4. The van der Waals surface area contributed by atoms with E-state index in [1.807, 2.05) is 30.3 Å². The van der Waals surface area contributed by atoms with Crippen molar-refractivity contribution >= 4 is 12.0 Å². The highest BCUT2D eigenvalue weighted by molar-refractivity contribution is 5.69. The van der Waals surface area contributed by atoms with Gasteiger partial charge in [0.1, 0.15) is 0 Å². The van der Waals surface area contributed by atoms with Gasteiger partial charge in [-0.05, 0) is 36.8 Å². The number of benzene rings is 1. The molecular weight excluding hydrogens is 316 g/mol. The van der Waals surface area contributed by atoms with Crippen LogP contribution in [0.1, 0.15) is 63.0 Å². The van der Waals surface area contributed by atoms with Crippen molar-refractivity contribution in [3.05, 3.63) is 41.5 Å². The van der Waals surface area contributed by atoms with Crippen LogP contribution in [0.2, 0.25) is 0 Å². The Hall–Kier alpha value is -1.65. The second kappa shape index (κ2) is 12.7. The van der Waals surface area contributed by atoms with Gasteiger partial charge in [-0.2, -0.15) is 0 Å². The van der Waals surface area contributed by atoms with Gasteiger partial charge in [0.05, 0.1) is 19.3 Å². The molecule has 2 N–H and O–H groups in total. The summed E-state index contributed by atoms with van der Waals surface area (Å²) in [5, 5.41) is 20.2. The summed E-state index contributed by atoms with van der Waals surface area (Å²) in [6, 6.07) is 7.94. The second-order valence-electron chi connectivity index (χ2n) is 6.45. The standard InChI is InChI=1S/C21H32O4/c1-3-4-5-11-20(23)16-18-10-7-6-9-17(18)14-15-19(22)12-8-13-21(24)25-2/h6-7,9-10,14-15,19-20,22-23H,3-5,8,11-13,16H2,1-2H3/b15-14+/t19-,20+/m0/s1. The molecule has 0 aliphatic heterocycles. The first-order chi connectivity index (χ1) is 12.1. The number of hydrogen-bond donors (Lipinski definition) is 2. The first kappa shape index (κ1) is 21.4. The lowest BCUT2D eigenvalue weighted by Gasteiger charge is -2.13. The summed E-state index contributed by atoms with van der Waals surface area (Å²) in [7, 11) is 1.37. The van der Waals surface area contributed by atoms with E-state index in [-0.39, 0.29) is 12.1 Å². The van der Waals surface area contributed by atoms with Gasteiger partial charge in [-0.3, -0.25) is 4.79 Å². The first-order valence-corrected chi connectivity index (χ1v) is 9.25. The number of unbranched alkanes of at least 4 members (excludes halogenated alkanes) is 2. The molecule has 1 rings (SSSR count). The van der Waals surface area contributed by atoms with Crippen LogP contribution in [0.5, 0.6) is 0 Å². The monoisotopic (exact) mass is 348 g/mol. The molecule has 0 radical (unpaired) electrons. The molecule has 4 nitrogen and oxygen atoms in total. The van der Waals surface area contributed by atoms with Gasteiger partial charge in [0.2, 0.25) is 0 Å². The number of rotatable bonds is 12. The summed E-state index contributed by atoms with van der Waals surface area (Å²) in [6.45, 7) is 2.16. The first-order valence-electron chi connectivity index (χ1n) is 9.25. The molecule has 0 heterocycles. The predicted octanol–water partition coefficient (Wildman–Crippen LogP) is 3.89. The Balaban J connectivity index is 2.53. The minimum Gasteiger partial charge on any atom is -0.469 e. The average molecular weight is 348 g/mol. The Morgan fingerprint density at radius 3 is 2.64 bits per heavy atom. The maximum absolute atomic E-state index is 11.1. The topological polar surface area (TPSA) is 66.8 Å². The van der Waals surface area contributed by atoms with Crippen molar-refractivity contribution in [1.29, 1.82) is 0 Å². The van der Waals surface area contributed by atoms with E-state index in [9.17, 15) is 15.0 Å². The van der Waals surface area contributed by atoms with E-state index >= 15 is 0 Å². The lowest BCUT2D eigenvalue weighted by molar-refractivity contribution is -0.140. The number of methoxy groups -OCH3 is 1. The summed E-state index contributed by atoms with van der Waals surface area (Å²) in [6.07, 6.45) is 8.97. The van der Waals surface area contributed by atoms with Gasteiger partial charge in [0.15, 0.2) is 0 Å². The highest BCUT2D eigenvalue weighted by atomic mass is 16.5. The van der Waals surface area contributed by atoms with Gasteiger partial charge in [0, 0.05) is 6.42 Å². The quantitative estimate of drug-likeness (QED) is 0.444. The van der Waals surface area contributed by atoms with Crippen LogP contribution in [0.4, 0.5) is 0 Å². The molecule has 0 fully saturated rings. The summed E-state index contributed by atoms with van der Waals surface area (Å²) >= 11 is 0. The van der Waals surface area contributed by atoms with Crippen LogP contribution in [-0.4, -0.2) is 35.5 Å². The Morgan fingerprint density at radius 1 is 1.16 bits per heavy atom. The van der Waals surface area contributed by atoms with Crippen LogP contribution in [0, 0.1) is 0 Å². The van der Waals surface area contributed by atoms with Gasteiger partial charge in [-0.1, -0.05) is 62.6 Å². The van der Waals surface area contributed by atoms with Gasteiger partial charge in [-0.25, -0.2) is 0 Å². The summed E-state index contributed by atoms with van der Waals surface area (Å²) in [5.74, 6) is -0.251. The van der Waals surface area contributed by atoms with E-state index in [1.165, 1.54) is 7.11 Å².